The standard InChI is InChI=1S/C35H46N6O5S/c1-34(2,37-22-30(43)23-46-31-17-15-29(42)16-18-31)21-25-7-11-27(12-8-25)38-33-32(39-47(44,45)40-33)36-24-35(19-5-6-20-35)26-9-13-28(14-10-26)41(3)4/h7-18,30,37,42-43H,5-6,19-24H2,1-4H3,(H,36,39)(H,38,40)/t30-/m0/s1. The molecule has 1 atom stereocenters. The number of β-amino-alcohol motifs (C(OH)–C–C–N with tert-alkyl or cyclic N) is 1. The first-order chi connectivity index (χ1) is 22.3. The molecule has 3 aromatic carbocycles. The summed E-state index contributed by atoms with van der Waals surface area (Å²) in [5, 5.41) is 29.7. The number of aliphatic hydroxyl groups is 1. The minimum absolute atomic E-state index is 0.108. The number of aromatic hydroxyl groups is 1. The normalized spacial score (nSPS) is 17.5. The average Bonchev–Trinajstić information content (AvgIpc) is 3.63. The summed E-state index contributed by atoms with van der Waals surface area (Å²) < 4.78 is 38.3. The first-order valence-electron chi connectivity index (χ1n) is 16.0. The quantitative estimate of drug-likeness (QED) is 0.180. The van der Waals surface area contributed by atoms with Crippen molar-refractivity contribution in [2.75, 3.05) is 44.0 Å². The van der Waals surface area contributed by atoms with Gasteiger partial charge in [0, 0.05) is 49.5 Å². The SMILES string of the molecule is CN(C)c1ccc(C2(CNC3=NS(=O)(=O)N=C3Nc3ccc(CC(C)(C)NC[C@H](O)COc4ccc(O)cc4)cc3)CCCC2)cc1. The van der Waals surface area contributed by atoms with Crippen molar-refractivity contribution in [3.63, 3.8) is 0 Å². The van der Waals surface area contributed by atoms with E-state index in [1.165, 1.54) is 17.7 Å². The van der Waals surface area contributed by atoms with E-state index in [4.69, 9.17) is 4.74 Å². The lowest BCUT2D eigenvalue weighted by atomic mass is 9.78. The highest BCUT2D eigenvalue weighted by Crippen LogP contribution is 2.41. The fourth-order valence-corrected chi connectivity index (χ4v) is 6.91. The van der Waals surface area contributed by atoms with Crippen molar-refractivity contribution in [1.29, 1.82) is 0 Å². The summed E-state index contributed by atoms with van der Waals surface area (Å²) in [6, 6.07) is 22.7. The van der Waals surface area contributed by atoms with Gasteiger partial charge in [0.15, 0.2) is 11.7 Å². The van der Waals surface area contributed by atoms with E-state index >= 15 is 0 Å². The first-order valence-corrected chi connectivity index (χ1v) is 17.4. The summed E-state index contributed by atoms with van der Waals surface area (Å²) in [6.07, 6.45) is 4.25. The van der Waals surface area contributed by atoms with E-state index in [9.17, 15) is 18.6 Å². The van der Waals surface area contributed by atoms with Crippen molar-refractivity contribution in [1.82, 2.24) is 10.6 Å². The van der Waals surface area contributed by atoms with Crippen LogP contribution in [-0.2, 0) is 22.0 Å². The predicted molar refractivity (Wildman–Crippen MR) is 188 cm³/mol. The third kappa shape index (κ3) is 9.24. The van der Waals surface area contributed by atoms with Crippen LogP contribution in [0.4, 0.5) is 11.4 Å². The zero-order chi connectivity index (χ0) is 33.7. The first kappa shape index (κ1) is 34.2. The molecule has 1 heterocycles. The fourth-order valence-electron chi connectivity index (χ4n) is 6.12. The number of aliphatic hydroxyl groups excluding tert-OH is 1. The van der Waals surface area contributed by atoms with Crippen LogP contribution in [0.3, 0.4) is 0 Å². The monoisotopic (exact) mass is 662 g/mol. The molecule has 0 unspecified atom stereocenters. The van der Waals surface area contributed by atoms with Gasteiger partial charge in [0.05, 0.1) is 0 Å². The van der Waals surface area contributed by atoms with Crippen molar-refractivity contribution in [2.45, 2.75) is 63.0 Å². The molecule has 12 heteroatoms. The third-order valence-corrected chi connectivity index (χ3v) is 9.57. The number of phenols is 1. The molecule has 1 aliphatic carbocycles. The molecule has 1 aliphatic heterocycles. The Balaban J connectivity index is 1.15. The topological polar surface area (TPSA) is 148 Å². The highest BCUT2D eigenvalue weighted by Gasteiger charge is 2.37. The Bertz CT molecular complexity index is 1660. The van der Waals surface area contributed by atoms with Crippen molar-refractivity contribution in [2.24, 2.45) is 8.80 Å². The van der Waals surface area contributed by atoms with Crippen LogP contribution in [0.5, 0.6) is 11.5 Å². The van der Waals surface area contributed by atoms with Crippen LogP contribution in [-0.4, -0.2) is 75.7 Å². The van der Waals surface area contributed by atoms with E-state index in [-0.39, 0.29) is 35.0 Å². The van der Waals surface area contributed by atoms with Crippen molar-refractivity contribution >= 4 is 33.3 Å². The van der Waals surface area contributed by atoms with Crippen LogP contribution in [0, 0.1) is 0 Å². The van der Waals surface area contributed by atoms with E-state index in [1.807, 2.05) is 38.4 Å². The number of benzene rings is 3. The summed E-state index contributed by atoms with van der Waals surface area (Å²) in [4.78, 5) is 2.07. The summed E-state index contributed by atoms with van der Waals surface area (Å²) >= 11 is 0. The van der Waals surface area contributed by atoms with Crippen molar-refractivity contribution < 1.29 is 23.4 Å². The van der Waals surface area contributed by atoms with Crippen LogP contribution >= 0.6 is 0 Å². The van der Waals surface area contributed by atoms with Gasteiger partial charge in [-0.1, -0.05) is 37.1 Å². The van der Waals surface area contributed by atoms with Crippen molar-refractivity contribution in [3.8, 4) is 11.5 Å². The summed E-state index contributed by atoms with van der Waals surface area (Å²) in [5.41, 5.74) is 3.72. The summed E-state index contributed by atoms with van der Waals surface area (Å²) in [7, 11) is 0.0633. The van der Waals surface area contributed by atoms with Gasteiger partial charge in [-0.15, -0.1) is 8.80 Å². The molecule has 1 saturated carbocycles. The van der Waals surface area contributed by atoms with Gasteiger partial charge in [0.1, 0.15) is 24.2 Å². The second-order valence-corrected chi connectivity index (χ2v) is 14.6. The minimum atomic E-state index is -3.98. The average molecular weight is 663 g/mol. The van der Waals surface area contributed by atoms with Gasteiger partial charge < -0.3 is 35.8 Å². The van der Waals surface area contributed by atoms with E-state index in [0.717, 1.165) is 36.9 Å². The Kier molecular flexibility index (Phi) is 10.4. The summed E-state index contributed by atoms with van der Waals surface area (Å²) in [5.74, 6) is 1.14. The number of nitrogens with zero attached hydrogens (tertiary/aromatic N) is 3. The number of amidine groups is 2. The molecule has 0 radical (unpaired) electrons. The Morgan fingerprint density at radius 1 is 0.936 bits per heavy atom. The van der Waals surface area contributed by atoms with Gasteiger partial charge in [-0.2, -0.15) is 8.42 Å². The van der Waals surface area contributed by atoms with Crippen LogP contribution < -0.4 is 25.6 Å². The molecule has 0 aromatic heterocycles. The number of anilines is 2. The van der Waals surface area contributed by atoms with Crippen LogP contribution in [0.25, 0.3) is 0 Å². The Labute approximate surface area is 278 Å². The molecular weight excluding hydrogens is 616 g/mol. The van der Waals surface area contributed by atoms with Gasteiger partial charge in [0.25, 0.3) is 0 Å². The second kappa shape index (κ2) is 14.3. The van der Waals surface area contributed by atoms with Gasteiger partial charge in [-0.3, -0.25) is 0 Å². The van der Waals surface area contributed by atoms with Crippen molar-refractivity contribution in [3.05, 3.63) is 83.9 Å². The molecule has 0 amide bonds. The number of nitrogens with one attached hydrogen (secondary N) is 3. The van der Waals surface area contributed by atoms with E-state index in [0.29, 0.717) is 30.9 Å². The highest BCUT2D eigenvalue weighted by atomic mass is 32.2. The number of hydrogen-bond acceptors (Lipinski definition) is 9. The van der Waals surface area contributed by atoms with E-state index in [2.05, 4.69) is 67.8 Å². The molecule has 11 nitrogen and oxygen atoms in total. The second-order valence-electron chi connectivity index (χ2n) is 13.3. The van der Waals surface area contributed by atoms with Gasteiger partial charge in [0.2, 0.25) is 0 Å². The zero-order valence-electron chi connectivity index (χ0n) is 27.5. The maximum absolute atomic E-state index is 12.4. The molecule has 2 aliphatic rings. The predicted octanol–water partition coefficient (Wildman–Crippen LogP) is 4.38. The van der Waals surface area contributed by atoms with Gasteiger partial charge >= 0.3 is 10.2 Å². The molecule has 1 fully saturated rings. The Morgan fingerprint density at radius 2 is 1.57 bits per heavy atom. The molecule has 3 aromatic rings. The van der Waals surface area contributed by atoms with Crippen LogP contribution in [0.15, 0.2) is 81.6 Å². The van der Waals surface area contributed by atoms with Crippen LogP contribution in [0.1, 0.15) is 50.7 Å². The third-order valence-electron chi connectivity index (χ3n) is 8.75. The number of phenolic OH excluding ortho intramolecular Hbond substituents is 1. The van der Waals surface area contributed by atoms with E-state index < -0.39 is 16.3 Å². The molecular formula is C35H46N6O5S. The Hall–Kier alpha value is -4.13. The molecule has 0 bridgehead atoms. The largest absolute Gasteiger partial charge is 0.508 e. The van der Waals surface area contributed by atoms with Gasteiger partial charge in [-0.05, 0) is 92.8 Å². The maximum atomic E-state index is 12.4. The molecule has 5 rings (SSSR count). The lowest BCUT2D eigenvalue weighted by Gasteiger charge is -2.31. The molecule has 252 valence electrons. The van der Waals surface area contributed by atoms with Crippen LogP contribution in [0.2, 0.25) is 0 Å². The van der Waals surface area contributed by atoms with E-state index in [1.54, 1.807) is 12.1 Å². The molecule has 5 N–H and O–H groups in total. The smallest absolute Gasteiger partial charge is 0.367 e. The summed E-state index contributed by atoms with van der Waals surface area (Å²) in [6.45, 7) is 5.15. The maximum Gasteiger partial charge on any atom is 0.367 e. The lowest BCUT2D eigenvalue weighted by Crippen LogP contribution is -2.46. The fraction of sp³-hybridized carbons (Fsp3) is 0.429. The Morgan fingerprint density at radius 3 is 2.21 bits per heavy atom. The molecule has 47 heavy (non-hydrogen) atoms. The zero-order valence-corrected chi connectivity index (χ0v) is 28.3. The lowest BCUT2D eigenvalue weighted by molar-refractivity contribution is 0.0988. The van der Waals surface area contributed by atoms with Gasteiger partial charge in [-0.25, -0.2) is 0 Å². The number of rotatable bonds is 13. The molecule has 0 spiro atoms. The molecule has 0 saturated heterocycles. The number of hydrogen-bond donors (Lipinski definition) is 5. The number of ether oxygens (including phenoxy) is 1. The minimum Gasteiger partial charge on any atom is -0.508 e. The highest BCUT2D eigenvalue weighted by molar-refractivity contribution is 7.89.